The predicted octanol–water partition coefficient (Wildman–Crippen LogP) is 1.07. The third-order valence-corrected chi connectivity index (χ3v) is 2.24. The Balaban J connectivity index is 2.33. The van der Waals surface area contributed by atoms with Gasteiger partial charge in [-0.05, 0) is 19.1 Å². The first-order valence-electron chi connectivity index (χ1n) is 5.99. The predicted molar refractivity (Wildman–Crippen MR) is 69.9 cm³/mol. The van der Waals surface area contributed by atoms with Crippen molar-refractivity contribution in [1.29, 1.82) is 0 Å². The zero-order valence-corrected chi connectivity index (χ0v) is 11.3. The van der Waals surface area contributed by atoms with E-state index in [0.717, 1.165) is 0 Å². The van der Waals surface area contributed by atoms with Crippen LogP contribution in [-0.4, -0.2) is 38.3 Å². The highest BCUT2D eigenvalue weighted by atomic mass is 19.1. The number of para-hydroxylation sites is 1. The van der Waals surface area contributed by atoms with E-state index in [1.54, 1.807) is 13.0 Å². The zero-order chi connectivity index (χ0) is 15.0. The number of amides is 3. The Morgan fingerprint density at radius 1 is 1.35 bits per heavy atom. The number of benzene rings is 1. The van der Waals surface area contributed by atoms with E-state index in [4.69, 9.17) is 9.47 Å². The first kappa shape index (κ1) is 15.9. The quantitative estimate of drug-likeness (QED) is 0.819. The molecule has 0 radical (unpaired) electrons. The number of halogens is 1. The Morgan fingerprint density at radius 2 is 2.05 bits per heavy atom. The number of nitrogens with one attached hydrogen (secondary N) is 2. The molecule has 0 aromatic heterocycles. The van der Waals surface area contributed by atoms with Gasteiger partial charge in [-0.1, -0.05) is 12.1 Å². The van der Waals surface area contributed by atoms with Crippen molar-refractivity contribution >= 4 is 11.9 Å². The summed E-state index contributed by atoms with van der Waals surface area (Å²) < 4.78 is 23.0. The third-order valence-electron chi connectivity index (χ3n) is 2.24. The molecule has 110 valence electrons. The first-order valence-corrected chi connectivity index (χ1v) is 5.99. The average molecular weight is 284 g/mol. The number of ether oxygens (including phenoxy) is 2. The molecular weight excluding hydrogens is 267 g/mol. The Morgan fingerprint density at radius 3 is 2.70 bits per heavy atom. The van der Waals surface area contributed by atoms with Crippen LogP contribution in [0.3, 0.4) is 0 Å². The Labute approximate surface area is 116 Å². The maximum atomic E-state index is 13.2. The first-order chi connectivity index (χ1) is 9.52. The second-order valence-corrected chi connectivity index (χ2v) is 4.10. The number of urea groups is 1. The molecule has 7 heteroatoms. The summed E-state index contributed by atoms with van der Waals surface area (Å²) in [5, 5.41) is 4.56. The molecule has 0 bridgehead atoms. The molecule has 0 saturated carbocycles. The van der Waals surface area contributed by atoms with Gasteiger partial charge in [0.25, 0.3) is 5.91 Å². The monoisotopic (exact) mass is 284 g/mol. The lowest BCUT2D eigenvalue weighted by Gasteiger charge is -2.13. The molecule has 3 amide bonds. The molecule has 1 unspecified atom stereocenters. The van der Waals surface area contributed by atoms with Gasteiger partial charge >= 0.3 is 6.03 Å². The molecule has 2 N–H and O–H groups in total. The van der Waals surface area contributed by atoms with Gasteiger partial charge in [-0.25, -0.2) is 9.18 Å². The molecule has 0 aliphatic heterocycles. The van der Waals surface area contributed by atoms with Gasteiger partial charge in [0.05, 0.1) is 12.6 Å². The fourth-order valence-corrected chi connectivity index (χ4v) is 1.42. The van der Waals surface area contributed by atoms with Crippen molar-refractivity contribution in [2.75, 3.05) is 20.3 Å². The highest BCUT2D eigenvalue weighted by Crippen LogP contribution is 2.14. The van der Waals surface area contributed by atoms with Crippen LogP contribution in [-0.2, 0) is 9.53 Å². The molecule has 1 aromatic carbocycles. The van der Waals surface area contributed by atoms with Crippen LogP contribution < -0.4 is 15.4 Å². The van der Waals surface area contributed by atoms with Crippen LogP contribution >= 0.6 is 0 Å². The van der Waals surface area contributed by atoms with Crippen LogP contribution in [0.1, 0.15) is 6.92 Å². The summed E-state index contributed by atoms with van der Waals surface area (Å²) in [4.78, 5) is 22.8. The maximum absolute atomic E-state index is 13.2. The van der Waals surface area contributed by atoms with Gasteiger partial charge in [0.2, 0.25) is 0 Å². The Bertz CT molecular complexity index is 467. The molecule has 0 aliphatic carbocycles. The lowest BCUT2D eigenvalue weighted by molar-refractivity contribution is -0.122. The summed E-state index contributed by atoms with van der Waals surface area (Å²) in [6.07, 6.45) is 0. The molecule has 6 nitrogen and oxygen atoms in total. The normalized spacial score (nSPS) is 11.6. The van der Waals surface area contributed by atoms with Crippen molar-refractivity contribution in [3.8, 4) is 5.75 Å². The van der Waals surface area contributed by atoms with Gasteiger partial charge in [0.15, 0.2) is 18.2 Å². The molecule has 1 atom stereocenters. The molecule has 0 heterocycles. The highest BCUT2D eigenvalue weighted by Gasteiger charge is 2.12. The minimum atomic E-state index is -0.671. The van der Waals surface area contributed by atoms with Gasteiger partial charge in [-0.2, -0.15) is 0 Å². The number of imide groups is 1. The Kier molecular flexibility index (Phi) is 6.45. The van der Waals surface area contributed by atoms with E-state index in [2.05, 4.69) is 10.6 Å². The van der Waals surface area contributed by atoms with Gasteiger partial charge in [0.1, 0.15) is 0 Å². The largest absolute Gasteiger partial charge is 0.481 e. The van der Waals surface area contributed by atoms with Crippen LogP contribution in [0.4, 0.5) is 9.18 Å². The standard InChI is InChI=1S/C13H17FN2O4/c1-9(7-19-2)15-13(18)16-12(17)8-20-11-6-4-3-5-10(11)14/h3-6,9H,7-8H2,1-2H3,(H2,15,16,17,18). The fraction of sp³-hybridized carbons (Fsp3) is 0.385. The van der Waals surface area contributed by atoms with Crippen molar-refractivity contribution in [2.24, 2.45) is 0 Å². The Hall–Kier alpha value is -2.15. The summed E-state index contributed by atoms with van der Waals surface area (Å²) in [6, 6.07) is 4.80. The summed E-state index contributed by atoms with van der Waals surface area (Å²) in [6.45, 7) is 1.60. The smallest absolute Gasteiger partial charge is 0.321 e. The van der Waals surface area contributed by atoms with Crippen molar-refractivity contribution < 1.29 is 23.5 Å². The van der Waals surface area contributed by atoms with Crippen molar-refractivity contribution in [3.63, 3.8) is 0 Å². The SMILES string of the molecule is COCC(C)NC(=O)NC(=O)COc1ccccc1F. The molecule has 0 fully saturated rings. The molecule has 1 rings (SSSR count). The summed E-state index contributed by atoms with van der Waals surface area (Å²) >= 11 is 0. The molecule has 1 aromatic rings. The van der Waals surface area contributed by atoms with Crippen LogP contribution in [0.15, 0.2) is 24.3 Å². The van der Waals surface area contributed by atoms with E-state index >= 15 is 0 Å². The fourth-order valence-electron chi connectivity index (χ4n) is 1.42. The lowest BCUT2D eigenvalue weighted by Crippen LogP contribution is -2.46. The number of carbonyl (C=O) groups is 2. The number of rotatable bonds is 6. The number of methoxy groups -OCH3 is 1. The molecule has 20 heavy (non-hydrogen) atoms. The molecule has 0 aliphatic rings. The topological polar surface area (TPSA) is 76.7 Å². The van der Waals surface area contributed by atoms with Crippen LogP contribution in [0, 0.1) is 5.82 Å². The van der Waals surface area contributed by atoms with Gasteiger partial charge in [0, 0.05) is 7.11 Å². The van der Waals surface area contributed by atoms with E-state index in [1.807, 2.05) is 0 Å². The van der Waals surface area contributed by atoms with Crippen molar-refractivity contribution in [2.45, 2.75) is 13.0 Å². The zero-order valence-electron chi connectivity index (χ0n) is 11.3. The van der Waals surface area contributed by atoms with Crippen molar-refractivity contribution in [3.05, 3.63) is 30.1 Å². The van der Waals surface area contributed by atoms with E-state index in [-0.39, 0.29) is 11.8 Å². The van der Waals surface area contributed by atoms with Gasteiger partial charge < -0.3 is 14.8 Å². The highest BCUT2D eigenvalue weighted by molar-refractivity contribution is 5.95. The summed E-state index contributed by atoms with van der Waals surface area (Å²) in [5.74, 6) is -1.29. The van der Waals surface area contributed by atoms with Crippen LogP contribution in [0.25, 0.3) is 0 Å². The van der Waals surface area contributed by atoms with Crippen molar-refractivity contribution in [1.82, 2.24) is 10.6 Å². The molecule has 0 saturated heterocycles. The number of hydrogen-bond acceptors (Lipinski definition) is 4. The average Bonchev–Trinajstić information content (AvgIpc) is 2.37. The van der Waals surface area contributed by atoms with Gasteiger partial charge in [-0.3, -0.25) is 10.1 Å². The molecule has 0 spiro atoms. The van der Waals surface area contributed by atoms with E-state index in [9.17, 15) is 14.0 Å². The second-order valence-electron chi connectivity index (χ2n) is 4.10. The minimum Gasteiger partial charge on any atom is -0.481 e. The van der Waals surface area contributed by atoms with E-state index < -0.39 is 24.4 Å². The molecular formula is C13H17FN2O4. The van der Waals surface area contributed by atoms with E-state index in [0.29, 0.717) is 6.61 Å². The van der Waals surface area contributed by atoms with Crippen LogP contribution in [0.2, 0.25) is 0 Å². The number of carbonyl (C=O) groups excluding carboxylic acids is 2. The maximum Gasteiger partial charge on any atom is 0.321 e. The summed E-state index contributed by atoms with van der Waals surface area (Å²) in [5.41, 5.74) is 0. The lowest BCUT2D eigenvalue weighted by atomic mass is 10.3. The van der Waals surface area contributed by atoms with E-state index in [1.165, 1.54) is 25.3 Å². The van der Waals surface area contributed by atoms with Crippen LogP contribution in [0.5, 0.6) is 5.75 Å². The summed E-state index contributed by atoms with van der Waals surface area (Å²) in [7, 11) is 1.50. The number of hydrogen-bond donors (Lipinski definition) is 2. The third kappa shape index (κ3) is 5.66. The second kappa shape index (κ2) is 8.11. The minimum absolute atomic E-state index is 0.0455. The van der Waals surface area contributed by atoms with Gasteiger partial charge in [-0.15, -0.1) is 0 Å².